The Balaban J connectivity index is 1.95. The molecule has 0 aliphatic carbocycles. The van der Waals surface area contributed by atoms with E-state index < -0.39 is 8.80 Å². The lowest BCUT2D eigenvalue weighted by atomic mass is 10.2. The van der Waals surface area contributed by atoms with Crippen LogP contribution in [-0.2, 0) is 0 Å². The van der Waals surface area contributed by atoms with E-state index in [4.69, 9.17) is 0 Å². The van der Waals surface area contributed by atoms with Crippen molar-refractivity contribution in [3.05, 3.63) is 101 Å². The Morgan fingerprint density at radius 2 is 1.13 bits per heavy atom. The summed E-state index contributed by atoms with van der Waals surface area (Å²) in [6, 6.07) is 28.5. The fourth-order valence-electron chi connectivity index (χ4n) is 2.57. The van der Waals surface area contributed by atoms with Crippen LogP contribution in [0.25, 0.3) is 6.08 Å². The molecule has 3 aromatic rings. The Hall–Kier alpha value is -2.38. The SMILES string of the molecule is Cc1ccc(/C=C/[Si](c2ccccc2)c2ccc(C)cc2)cc1. The number of hydrogen-bond acceptors (Lipinski definition) is 0. The van der Waals surface area contributed by atoms with Gasteiger partial charge in [-0.1, -0.05) is 112 Å². The molecule has 0 N–H and O–H groups in total. The third-order valence-electron chi connectivity index (χ3n) is 3.97. The van der Waals surface area contributed by atoms with Gasteiger partial charge < -0.3 is 0 Å². The Labute approximate surface area is 140 Å². The average Bonchev–Trinajstić information content (AvgIpc) is 2.59. The molecular weight excluding hydrogens is 292 g/mol. The maximum absolute atomic E-state index is 2.40. The van der Waals surface area contributed by atoms with E-state index in [1.807, 2.05) is 0 Å². The van der Waals surface area contributed by atoms with Crippen LogP contribution < -0.4 is 10.4 Å². The average molecular weight is 313 g/mol. The van der Waals surface area contributed by atoms with Crippen molar-refractivity contribution in [3.8, 4) is 0 Å². The number of hydrogen-bond donors (Lipinski definition) is 0. The lowest BCUT2D eigenvalue weighted by molar-refractivity contribution is 1.46. The summed E-state index contributed by atoms with van der Waals surface area (Å²) in [6.45, 7) is 4.26. The summed E-state index contributed by atoms with van der Waals surface area (Å²) < 4.78 is 0. The van der Waals surface area contributed by atoms with Crippen molar-refractivity contribution in [2.75, 3.05) is 0 Å². The predicted octanol–water partition coefficient (Wildman–Crippen LogP) is 4.17. The molecule has 0 saturated carbocycles. The zero-order valence-corrected chi connectivity index (χ0v) is 14.7. The van der Waals surface area contributed by atoms with Crippen molar-refractivity contribution < 1.29 is 0 Å². The van der Waals surface area contributed by atoms with Crippen LogP contribution in [0.15, 0.2) is 84.6 Å². The molecule has 0 unspecified atom stereocenters. The van der Waals surface area contributed by atoms with Gasteiger partial charge in [0.15, 0.2) is 0 Å². The van der Waals surface area contributed by atoms with Gasteiger partial charge in [-0.15, -0.1) is 0 Å². The molecule has 0 aliphatic heterocycles. The van der Waals surface area contributed by atoms with Gasteiger partial charge in [0.1, 0.15) is 8.80 Å². The van der Waals surface area contributed by atoms with Crippen molar-refractivity contribution in [1.82, 2.24) is 0 Å². The van der Waals surface area contributed by atoms with Crippen molar-refractivity contribution in [2.45, 2.75) is 13.8 Å². The first-order chi connectivity index (χ1) is 11.2. The van der Waals surface area contributed by atoms with E-state index in [9.17, 15) is 0 Å². The molecule has 0 saturated heterocycles. The molecule has 3 rings (SSSR count). The summed E-state index contributed by atoms with van der Waals surface area (Å²) in [5.74, 6) is 0. The summed E-state index contributed by atoms with van der Waals surface area (Å²) in [5, 5.41) is 2.85. The summed E-state index contributed by atoms with van der Waals surface area (Å²) in [5.41, 5.74) is 6.27. The lowest BCUT2D eigenvalue weighted by Gasteiger charge is -2.12. The number of aryl methyl sites for hydroxylation is 2. The summed E-state index contributed by atoms with van der Waals surface area (Å²) in [6.07, 6.45) is 2.26. The first kappa shape index (κ1) is 15.5. The highest BCUT2D eigenvalue weighted by Gasteiger charge is 2.13. The Morgan fingerprint density at radius 3 is 1.74 bits per heavy atom. The quantitative estimate of drug-likeness (QED) is 0.634. The third-order valence-corrected chi connectivity index (χ3v) is 6.38. The molecule has 1 radical (unpaired) electrons. The van der Waals surface area contributed by atoms with E-state index in [1.165, 1.54) is 27.1 Å². The highest BCUT2D eigenvalue weighted by molar-refractivity contribution is 6.89. The van der Waals surface area contributed by atoms with Gasteiger partial charge >= 0.3 is 0 Å². The smallest absolute Gasteiger partial charge is 0.0867 e. The van der Waals surface area contributed by atoms with Crippen molar-refractivity contribution >= 4 is 25.2 Å². The molecule has 0 amide bonds. The van der Waals surface area contributed by atoms with Gasteiger partial charge in [0.2, 0.25) is 0 Å². The van der Waals surface area contributed by atoms with E-state index in [1.54, 1.807) is 0 Å². The minimum atomic E-state index is -0.904. The standard InChI is InChI=1S/C22H21Si/c1-18-8-12-20(13-9-18)16-17-23(21-6-4-3-5-7-21)22-14-10-19(2)11-15-22/h3-17H,1-2H3/b17-16+. The van der Waals surface area contributed by atoms with E-state index >= 15 is 0 Å². The second kappa shape index (κ2) is 7.25. The first-order valence-electron chi connectivity index (χ1n) is 7.96. The predicted molar refractivity (Wildman–Crippen MR) is 103 cm³/mol. The van der Waals surface area contributed by atoms with E-state index in [2.05, 4.69) is 104 Å². The molecule has 0 bridgehead atoms. The zero-order valence-electron chi connectivity index (χ0n) is 13.7. The van der Waals surface area contributed by atoms with Crippen LogP contribution in [0.3, 0.4) is 0 Å². The molecule has 0 aromatic heterocycles. The first-order valence-corrected chi connectivity index (χ1v) is 9.54. The van der Waals surface area contributed by atoms with Gasteiger partial charge in [0.25, 0.3) is 0 Å². The monoisotopic (exact) mass is 313 g/mol. The maximum atomic E-state index is 2.40. The van der Waals surface area contributed by atoms with Crippen LogP contribution in [-0.4, -0.2) is 8.80 Å². The highest BCUT2D eigenvalue weighted by Crippen LogP contribution is 2.06. The van der Waals surface area contributed by atoms with Crippen LogP contribution in [0, 0.1) is 13.8 Å². The van der Waals surface area contributed by atoms with Gasteiger partial charge in [-0.25, -0.2) is 0 Å². The van der Waals surface area contributed by atoms with Crippen molar-refractivity contribution in [2.24, 2.45) is 0 Å². The zero-order chi connectivity index (χ0) is 16.1. The molecule has 1 heteroatoms. The second-order valence-corrected chi connectivity index (χ2v) is 8.21. The topological polar surface area (TPSA) is 0 Å². The summed E-state index contributed by atoms with van der Waals surface area (Å²) in [4.78, 5) is 0. The molecule has 0 aliphatic rings. The minimum Gasteiger partial charge on any atom is -0.0867 e. The second-order valence-electron chi connectivity index (χ2n) is 5.89. The van der Waals surface area contributed by atoms with Crippen LogP contribution in [0.4, 0.5) is 0 Å². The van der Waals surface area contributed by atoms with Crippen molar-refractivity contribution in [1.29, 1.82) is 0 Å². The Kier molecular flexibility index (Phi) is 4.89. The van der Waals surface area contributed by atoms with Gasteiger partial charge in [-0.2, -0.15) is 0 Å². The van der Waals surface area contributed by atoms with Crippen LogP contribution in [0.5, 0.6) is 0 Å². The van der Waals surface area contributed by atoms with Gasteiger partial charge in [0.05, 0.1) is 0 Å². The highest BCUT2D eigenvalue weighted by atomic mass is 28.3. The lowest BCUT2D eigenvalue weighted by Crippen LogP contribution is -2.40. The number of benzene rings is 3. The van der Waals surface area contributed by atoms with E-state index in [0.717, 1.165) is 0 Å². The molecule has 0 spiro atoms. The van der Waals surface area contributed by atoms with Gasteiger partial charge in [-0.3, -0.25) is 0 Å². The van der Waals surface area contributed by atoms with Crippen molar-refractivity contribution in [3.63, 3.8) is 0 Å². The molecule has 0 heterocycles. The van der Waals surface area contributed by atoms with Crippen LogP contribution in [0.1, 0.15) is 16.7 Å². The van der Waals surface area contributed by atoms with Gasteiger partial charge in [0, 0.05) is 0 Å². The summed E-state index contributed by atoms with van der Waals surface area (Å²) >= 11 is 0. The molecule has 0 atom stereocenters. The van der Waals surface area contributed by atoms with E-state index in [-0.39, 0.29) is 0 Å². The van der Waals surface area contributed by atoms with Crippen LogP contribution >= 0.6 is 0 Å². The minimum absolute atomic E-state index is 0.904. The molecule has 113 valence electrons. The fraction of sp³-hybridized carbons (Fsp3) is 0.0909. The molecule has 0 fully saturated rings. The van der Waals surface area contributed by atoms with E-state index in [0.29, 0.717) is 0 Å². The molecule has 3 aromatic carbocycles. The van der Waals surface area contributed by atoms with Gasteiger partial charge in [-0.05, 0) is 19.4 Å². The molecular formula is C22H21Si. The third kappa shape index (κ3) is 4.08. The number of rotatable bonds is 4. The summed E-state index contributed by atoms with van der Waals surface area (Å²) in [7, 11) is -0.904. The Morgan fingerprint density at radius 1 is 0.609 bits per heavy atom. The Bertz CT molecular complexity index is 768. The normalized spacial score (nSPS) is 11.3. The maximum Gasteiger partial charge on any atom is 0.147 e. The molecule has 0 nitrogen and oxygen atoms in total. The largest absolute Gasteiger partial charge is 0.147 e. The molecule has 23 heavy (non-hydrogen) atoms. The van der Waals surface area contributed by atoms with Crippen LogP contribution in [0.2, 0.25) is 0 Å². The fourth-order valence-corrected chi connectivity index (χ4v) is 4.72.